The number of carboxylic acid groups (broad SMARTS) is 1. The van der Waals surface area contributed by atoms with Crippen molar-refractivity contribution in [2.75, 3.05) is 19.0 Å². The second-order valence-corrected chi connectivity index (χ2v) is 6.31. The molecule has 1 aromatic carbocycles. The zero-order valence-corrected chi connectivity index (χ0v) is 14.4. The molecule has 1 fully saturated rings. The van der Waals surface area contributed by atoms with Gasteiger partial charge in [0, 0.05) is 31.1 Å². The number of piperidine rings is 1. The van der Waals surface area contributed by atoms with Gasteiger partial charge in [-0.3, -0.25) is 9.69 Å². The molecule has 0 bridgehead atoms. The molecule has 132 valence electrons. The lowest BCUT2D eigenvalue weighted by molar-refractivity contribution is -0.146. The molecule has 1 saturated heterocycles. The fourth-order valence-electron chi connectivity index (χ4n) is 3.13. The van der Waals surface area contributed by atoms with Crippen molar-refractivity contribution < 1.29 is 19.4 Å². The number of aliphatic carboxylic acids is 1. The smallest absolute Gasteiger partial charge is 0.407 e. The van der Waals surface area contributed by atoms with Gasteiger partial charge < -0.3 is 15.2 Å². The van der Waals surface area contributed by atoms with Crippen LogP contribution < -0.4 is 5.32 Å². The van der Waals surface area contributed by atoms with Crippen molar-refractivity contribution >= 4 is 23.7 Å². The number of alkyl halides is 1. The van der Waals surface area contributed by atoms with E-state index in [0.29, 0.717) is 25.4 Å². The number of hydrogen-bond donors (Lipinski definition) is 2. The number of carbonyl (C=O) groups excluding carboxylic acids is 1. The summed E-state index contributed by atoms with van der Waals surface area (Å²) in [5.74, 6) is -1.16. The summed E-state index contributed by atoms with van der Waals surface area (Å²) in [6.45, 7) is 3.35. The number of amides is 1. The number of benzene rings is 1. The molecular formula is C17H23ClN2O4. The van der Waals surface area contributed by atoms with Crippen molar-refractivity contribution in [2.45, 2.75) is 32.0 Å². The second-order valence-electron chi connectivity index (χ2n) is 5.93. The van der Waals surface area contributed by atoms with E-state index in [1.165, 1.54) is 0 Å². The Kier molecular flexibility index (Phi) is 6.87. The van der Waals surface area contributed by atoms with Gasteiger partial charge in [0.05, 0.1) is 5.92 Å². The first kappa shape index (κ1) is 18.5. The van der Waals surface area contributed by atoms with E-state index in [1.807, 2.05) is 42.2 Å². The lowest BCUT2D eigenvalue weighted by Crippen LogP contribution is -2.58. The average Bonchev–Trinajstić information content (AvgIpc) is 2.56. The summed E-state index contributed by atoms with van der Waals surface area (Å²) in [6.07, 6.45) is -0.0355. The van der Waals surface area contributed by atoms with Crippen LogP contribution in [0.15, 0.2) is 30.3 Å². The summed E-state index contributed by atoms with van der Waals surface area (Å²) in [5.41, 5.74) is 0.882. The quantitative estimate of drug-likeness (QED) is 0.766. The zero-order chi connectivity index (χ0) is 17.5. The van der Waals surface area contributed by atoms with Crippen molar-refractivity contribution in [1.82, 2.24) is 10.2 Å². The van der Waals surface area contributed by atoms with Gasteiger partial charge in [-0.1, -0.05) is 30.3 Å². The first-order valence-electron chi connectivity index (χ1n) is 8.03. The van der Waals surface area contributed by atoms with Crippen LogP contribution in [0.1, 0.15) is 18.9 Å². The van der Waals surface area contributed by atoms with Crippen LogP contribution in [-0.4, -0.2) is 53.1 Å². The summed E-state index contributed by atoms with van der Waals surface area (Å²) >= 11 is 5.77. The number of carboxylic acids is 1. The molecule has 2 rings (SSSR count). The van der Waals surface area contributed by atoms with Gasteiger partial charge in [0.1, 0.15) is 6.61 Å². The van der Waals surface area contributed by atoms with Gasteiger partial charge in [-0.05, 0) is 18.9 Å². The van der Waals surface area contributed by atoms with Crippen LogP contribution in [0.4, 0.5) is 4.79 Å². The van der Waals surface area contributed by atoms with Gasteiger partial charge >= 0.3 is 12.1 Å². The predicted octanol–water partition coefficient (Wildman–Crippen LogP) is 2.32. The summed E-state index contributed by atoms with van der Waals surface area (Å²) in [6, 6.07) is 8.69. The molecule has 2 N–H and O–H groups in total. The number of carbonyl (C=O) groups is 2. The molecule has 1 unspecified atom stereocenters. The van der Waals surface area contributed by atoms with Crippen molar-refractivity contribution in [3.05, 3.63) is 35.9 Å². The molecule has 0 radical (unpaired) electrons. The van der Waals surface area contributed by atoms with Gasteiger partial charge in [0.15, 0.2) is 0 Å². The molecule has 0 aliphatic carbocycles. The standard InChI is InChI=1S/C17H23ClN2O4/c1-12-15(16(21)22)14(7-9-20(12)10-8-18)19-17(23)24-11-13-5-3-2-4-6-13/h2-6,12,14-15H,7-11H2,1H3,(H,19,23)(H,21,22)/t12?,14-,15-/m1/s1. The minimum atomic E-state index is -0.921. The summed E-state index contributed by atoms with van der Waals surface area (Å²) < 4.78 is 5.19. The molecule has 24 heavy (non-hydrogen) atoms. The minimum Gasteiger partial charge on any atom is -0.481 e. The Balaban J connectivity index is 1.92. The summed E-state index contributed by atoms with van der Waals surface area (Å²) in [7, 11) is 0. The number of nitrogens with one attached hydrogen (secondary N) is 1. The Morgan fingerprint density at radius 2 is 2.08 bits per heavy atom. The van der Waals surface area contributed by atoms with Gasteiger partial charge in [-0.15, -0.1) is 11.6 Å². The third-order valence-corrected chi connectivity index (χ3v) is 4.60. The van der Waals surface area contributed by atoms with E-state index in [2.05, 4.69) is 5.32 Å². The lowest BCUT2D eigenvalue weighted by Gasteiger charge is -2.41. The predicted molar refractivity (Wildman–Crippen MR) is 91.0 cm³/mol. The van der Waals surface area contributed by atoms with Crippen LogP contribution in [0.3, 0.4) is 0 Å². The van der Waals surface area contributed by atoms with Gasteiger partial charge in [0.2, 0.25) is 0 Å². The molecule has 0 aromatic heterocycles. The second kappa shape index (κ2) is 8.89. The largest absolute Gasteiger partial charge is 0.481 e. The van der Waals surface area contributed by atoms with E-state index < -0.39 is 24.0 Å². The average molecular weight is 355 g/mol. The highest BCUT2D eigenvalue weighted by molar-refractivity contribution is 6.18. The van der Waals surface area contributed by atoms with Crippen molar-refractivity contribution in [3.8, 4) is 0 Å². The molecule has 1 amide bonds. The molecule has 0 saturated carbocycles. The van der Waals surface area contributed by atoms with Crippen LogP contribution in [-0.2, 0) is 16.1 Å². The SMILES string of the molecule is CC1[C@@H](C(=O)O)[C@H](NC(=O)OCc2ccccc2)CCN1CCCl. The van der Waals surface area contributed by atoms with Gasteiger partial charge in [0.25, 0.3) is 0 Å². The van der Waals surface area contributed by atoms with Crippen LogP contribution in [0, 0.1) is 5.92 Å². The molecule has 7 heteroatoms. The van der Waals surface area contributed by atoms with Crippen LogP contribution in [0.25, 0.3) is 0 Å². The number of rotatable bonds is 6. The normalized spacial score (nSPS) is 24.3. The maximum Gasteiger partial charge on any atom is 0.407 e. The first-order valence-corrected chi connectivity index (χ1v) is 8.56. The van der Waals surface area contributed by atoms with Crippen molar-refractivity contribution in [2.24, 2.45) is 5.92 Å². The van der Waals surface area contributed by atoms with Gasteiger partial charge in [-0.25, -0.2) is 4.79 Å². The summed E-state index contributed by atoms with van der Waals surface area (Å²) in [5, 5.41) is 12.2. The van der Waals surface area contributed by atoms with E-state index in [0.717, 1.165) is 5.56 Å². The van der Waals surface area contributed by atoms with Gasteiger partial charge in [-0.2, -0.15) is 0 Å². The number of ether oxygens (including phenoxy) is 1. The Hall–Kier alpha value is -1.79. The van der Waals surface area contributed by atoms with E-state index >= 15 is 0 Å². The molecular weight excluding hydrogens is 332 g/mol. The Morgan fingerprint density at radius 1 is 1.38 bits per heavy atom. The number of hydrogen-bond acceptors (Lipinski definition) is 4. The highest BCUT2D eigenvalue weighted by atomic mass is 35.5. The fourth-order valence-corrected chi connectivity index (χ4v) is 3.35. The highest BCUT2D eigenvalue weighted by Crippen LogP contribution is 2.24. The minimum absolute atomic E-state index is 0.158. The Morgan fingerprint density at radius 3 is 2.71 bits per heavy atom. The van der Waals surface area contributed by atoms with E-state index in [4.69, 9.17) is 16.3 Å². The van der Waals surface area contributed by atoms with Crippen molar-refractivity contribution in [3.63, 3.8) is 0 Å². The molecule has 1 heterocycles. The van der Waals surface area contributed by atoms with Crippen LogP contribution in [0.5, 0.6) is 0 Å². The third-order valence-electron chi connectivity index (χ3n) is 4.43. The van der Waals surface area contributed by atoms with Crippen molar-refractivity contribution in [1.29, 1.82) is 0 Å². The lowest BCUT2D eigenvalue weighted by atomic mass is 9.85. The van der Waals surface area contributed by atoms with E-state index in [9.17, 15) is 14.7 Å². The van der Waals surface area contributed by atoms with Crippen LogP contribution >= 0.6 is 11.6 Å². The number of nitrogens with zero attached hydrogens (tertiary/aromatic N) is 1. The third kappa shape index (κ3) is 4.85. The summed E-state index contributed by atoms with van der Waals surface area (Å²) in [4.78, 5) is 25.7. The molecule has 1 aliphatic heterocycles. The molecule has 1 aliphatic rings. The molecule has 3 atom stereocenters. The molecule has 6 nitrogen and oxygen atoms in total. The topological polar surface area (TPSA) is 78.9 Å². The zero-order valence-electron chi connectivity index (χ0n) is 13.7. The highest BCUT2D eigenvalue weighted by Gasteiger charge is 2.40. The maximum absolute atomic E-state index is 12.0. The van der Waals surface area contributed by atoms with E-state index in [-0.39, 0.29) is 12.6 Å². The fraction of sp³-hybridized carbons (Fsp3) is 0.529. The molecule has 0 spiro atoms. The Labute approximate surface area is 146 Å². The van der Waals surface area contributed by atoms with Crippen LogP contribution in [0.2, 0.25) is 0 Å². The maximum atomic E-state index is 12.0. The first-order chi connectivity index (χ1) is 11.5. The molecule has 1 aromatic rings. The monoisotopic (exact) mass is 354 g/mol. The number of alkyl carbamates (subject to hydrolysis) is 1. The number of halogens is 1. The Bertz CT molecular complexity index is 555. The van der Waals surface area contributed by atoms with E-state index in [1.54, 1.807) is 0 Å². The number of likely N-dealkylation sites (tertiary alicyclic amines) is 1.